The first-order valence-electron chi connectivity index (χ1n) is 9.51. The zero-order valence-electron chi connectivity index (χ0n) is 15.9. The zero-order valence-corrected chi connectivity index (χ0v) is 15.9. The minimum absolute atomic E-state index is 0. The molecule has 28 heavy (non-hydrogen) atoms. The van der Waals surface area contributed by atoms with Crippen LogP contribution in [0.5, 0.6) is 0 Å². The van der Waals surface area contributed by atoms with E-state index in [2.05, 4.69) is 13.8 Å². The molecule has 1 aromatic carbocycles. The van der Waals surface area contributed by atoms with Gasteiger partial charge >= 0.3 is 35.5 Å². The van der Waals surface area contributed by atoms with E-state index in [4.69, 9.17) is 5.11 Å². The first kappa shape index (κ1) is 25.1. The summed E-state index contributed by atoms with van der Waals surface area (Å²) in [6, 6.07) is 6.49. The molecule has 0 radical (unpaired) electrons. The normalized spacial score (nSPS) is 22.5. The SMILES string of the molecule is CC1CCC(C)C(C=CC(O)CC(O)CC(=O)O)=C(c2ccc(F)cc2)C1.[NaH]. The maximum atomic E-state index is 13.3. The standard InChI is InChI=1S/C22H29FO4.Na.H/c1-14-3-4-15(2)20(10-9-18(24)12-19(25)13-22(26)27)21(11-14)16-5-7-17(23)8-6-16;;/h5-10,14-15,18-19,24-25H,3-4,11-13H2,1-2H3,(H,26,27);;. The van der Waals surface area contributed by atoms with E-state index in [9.17, 15) is 19.4 Å². The van der Waals surface area contributed by atoms with Gasteiger partial charge in [0.1, 0.15) is 5.82 Å². The number of halogens is 1. The van der Waals surface area contributed by atoms with Crippen molar-refractivity contribution in [1.29, 1.82) is 0 Å². The Morgan fingerprint density at radius 3 is 2.46 bits per heavy atom. The Morgan fingerprint density at radius 1 is 1.21 bits per heavy atom. The van der Waals surface area contributed by atoms with E-state index in [0.717, 1.165) is 36.0 Å². The van der Waals surface area contributed by atoms with Crippen LogP contribution in [-0.2, 0) is 4.79 Å². The van der Waals surface area contributed by atoms with Crippen molar-refractivity contribution in [3.8, 4) is 0 Å². The number of carboxylic acid groups (broad SMARTS) is 1. The minimum atomic E-state index is -1.09. The third-order valence-electron chi connectivity index (χ3n) is 5.14. The summed E-state index contributed by atoms with van der Waals surface area (Å²) in [4.78, 5) is 10.6. The molecule has 0 aromatic heterocycles. The van der Waals surface area contributed by atoms with E-state index < -0.39 is 18.2 Å². The number of aliphatic carboxylic acids is 1. The van der Waals surface area contributed by atoms with Crippen LogP contribution in [0.4, 0.5) is 4.39 Å². The molecule has 1 aromatic rings. The molecule has 0 saturated heterocycles. The number of benzene rings is 1. The van der Waals surface area contributed by atoms with Gasteiger partial charge in [0.25, 0.3) is 0 Å². The third-order valence-corrected chi connectivity index (χ3v) is 5.14. The van der Waals surface area contributed by atoms with Crippen molar-refractivity contribution in [3.63, 3.8) is 0 Å². The van der Waals surface area contributed by atoms with Gasteiger partial charge in [-0.3, -0.25) is 4.79 Å². The van der Waals surface area contributed by atoms with Gasteiger partial charge in [-0.25, -0.2) is 4.39 Å². The number of hydrogen-bond acceptors (Lipinski definition) is 3. The number of carbonyl (C=O) groups is 1. The molecular formula is C22H30FNaO4. The molecule has 4 nitrogen and oxygen atoms in total. The van der Waals surface area contributed by atoms with Gasteiger partial charge in [0.05, 0.1) is 18.6 Å². The second-order valence-electron chi connectivity index (χ2n) is 7.64. The quantitative estimate of drug-likeness (QED) is 0.612. The van der Waals surface area contributed by atoms with Crippen LogP contribution in [0.1, 0.15) is 51.5 Å². The summed E-state index contributed by atoms with van der Waals surface area (Å²) in [5, 5.41) is 28.6. The van der Waals surface area contributed by atoms with Crippen molar-refractivity contribution in [2.24, 2.45) is 11.8 Å². The number of allylic oxidation sites excluding steroid dienone is 3. The molecule has 3 N–H and O–H groups in total. The molecule has 0 aliphatic heterocycles. The fourth-order valence-corrected chi connectivity index (χ4v) is 3.61. The number of aliphatic hydroxyl groups is 2. The van der Waals surface area contributed by atoms with Crippen LogP contribution < -0.4 is 0 Å². The summed E-state index contributed by atoms with van der Waals surface area (Å²) < 4.78 is 13.3. The Balaban J connectivity index is 0.00000392. The van der Waals surface area contributed by atoms with Gasteiger partial charge < -0.3 is 15.3 Å². The molecule has 0 bridgehead atoms. The van der Waals surface area contributed by atoms with Crippen LogP contribution in [-0.4, -0.2) is 63.1 Å². The molecule has 4 atom stereocenters. The van der Waals surface area contributed by atoms with Crippen molar-refractivity contribution in [3.05, 3.63) is 53.4 Å². The number of hydrogen-bond donors (Lipinski definition) is 3. The van der Waals surface area contributed by atoms with E-state index >= 15 is 0 Å². The van der Waals surface area contributed by atoms with Crippen molar-refractivity contribution in [2.75, 3.05) is 0 Å². The third kappa shape index (κ3) is 7.80. The predicted octanol–water partition coefficient (Wildman–Crippen LogP) is 3.53. The van der Waals surface area contributed by atoms with Crippen LogP contribution in [0.2, 0.25) is 0 Å². The molecule has 0 saturated carbocycles. The van der Waals surface area contributed by atoms with E-state index in [0.29, 0.717) is 11.8 Å². The van der Waals surface area contributed by atoms with Crippen LogP contribution in [0.3, 0.4) is 0 Å². The molecule has 0 amide bonds. The number of carboxylic acids is 1. The molecule has 0 spiro atoms. The molecule has 0 fully saturated rings. The monoisotopic (exact) mass is 400 g/mol. The summed E-state index contributed by atoms with van der Waals surface area (Å²) in [5.41, 5.74) is 3.25. The van der Waals surface area contributed by atoms with Gasteiger partial charge in [0, 0.05) is 6.42 Å². The molecule has 2 rings (SSSR count). The van der Waals surface area contributed by atoms with Crippen LogP contribution in [0.15, 0.2) is 42.0 Å². The fourth-order valence-electron chi connectivity index (χ4n) is 3.61. The number of aliphatic hydroxyl groups excluding tert-OH is 2. The summed E-state index contributed by atoms with van der Waals surface area (Å²) >= 11 is 0. The zero-order chi connectivity index (χ0) is 20.0. The van der Waals surface area contributed by atoms with Crippen molar-refractivity contribution >= 4 is 41.1 Å². The Morgan fingerprint density at radius 2 is 1.86 bits per heavy atom. The van der Waals surface area contributed by atoms with E-state index in [1.807, 2.05) is 6.08 Å². The molecule has 1 aliphatic carbocycles. The Kier molecular flexibility index (Phi) is 10.6. The van der Waals surface area contributed by atoms with Crippen LogP contribution in [0, 0.1) is 17.7 Å². The van der Waals surface area contributed by atoms with E-state index in [1.54, 1.807) is 18.2 Å². The average molecular weight is 400 g/mol. The predicted molar refractivity (Wildman–Crippen MR) is 111 cm³/mol. The first-order valence-corrected chi connectivity index (χ1v) is 9.51. The summed E-state index contributed by atoms with van der Waals surface area (Å²) in [6.07, 6.45) is 4.11. The molecule has 4 unspecified atom stereocenters. The molecule has 6 heteroatoms. The first-order chi connectivity index (χ1) is 12.8. The van der Waals surface area contributed by atoms with Gasteiger partial charge in [0.2, 0.25) is 0 Å². The average Bonchev–Trinajstić information content (AvgIpc) is 2.72. The second-order valence-corrected chi connectivity index (χ2v) is 7.64. The van der Waals surface area contributed by atoms with Gasteiger partial charge in [-0.2, -0.15) is 0 Å². The van der Waals surface area contributed by atoms with Gasteiger partial charge in [-0.1, -0.05) is 38.1 Å². The van der Waals surface area contributed by atoms with Gasteiger partial charge in [-0.15, -0.1) is 0 Å². The number of rotatable bonds is 7. The van der Waals surface area contributed by atoms with Gasteiger partial charge in [-0.05, 0) is 59.9 Å². The summed E-state index contributed by atoms with van der Waals surface area (Å²) in [5.74, 6) is -0.552. The van der Waals surface area contributed by atoms with Crippen LogP contribution in [0.25, 0.3) is 5.57 Å². The fraction of sp³-hybridized carbons (Fsp3) is 0.500. The van der Waals surface area contributed by atoms with E-state index in [-0.39, 0.29) is 48.2 Å². The van der Waals surface area contributed by atoms with Crippen molar-refractivity contribution in [2.45, 2.75) is 58.2 Å². The van der Waals surface area contributed by atoms with Crippen LogP contribution >= 0.6 is 0 Å². The maximum absolute atomic E-state index is 13.3. The van der Waals surface area contributed by atoms with Gasteiger partial charge in [0.15, 0.2) is 0 Å². The van der Waals surface area contributed by atoms with Crippen molar-refractivity contribution < 1.29 is 24.5 Å². The molecular weight excluding hydrogens is 370 g/mol. The Bertz CT molecular complexity index is 699. The Labute approximate surface area is 188 Å². The molecule has 1 aliphatic rings. The summed E-state index contributed by atoms with van der Waals surface area (Å²) in [7, 11) is 0. The summed E-state index contributed by atoms with van der Waals surface area (Å²) in [6.45, 7) is 4.35. The molecule has 150 valence electrons. The Hall–Kier alpha value is -0.980. The molecule has 0 heterocycles. The van der Waals surface area contributed by atoms with E-state index in [1.165, 1.54) is 12.1 Å². The second kappa shape index (κ2) is 11.9. The van der Waals surface area contributed by atoms with Crippen molar-refractivity contribution in [1.82, 2.24) is 0 Å². The topological polar surface area (TPSA) is 77.8 Å².